The number of ether oxygens (including phenoxy) is 4. The van der Waals surface area contributed by atoms with Crippen LogP contribution in [0.25, 0.3) is 0 Å². The smallest absolute Gasteiger partial charge is 0.330 e. The molecule has 2 unspecified atom stereocenters. The predicted molar refractivity (Wildman–Crippen MR) is 192 cm³/mol. The second-order valence-electron chi connectivity index (χ2n) is 12.2. The first kappa shape index (κ1) is 43.4. The van der Waals surface area contributed by atoms with E-state index in [2.05, 4.69) is 15.6 Å². The maximum atomic E-state index is 12.6. The summed E-state index contributed by atoms with van der Waals surface area (Å²) in [6.45, 7) is -1.76. The molecule has 290 valence electrons. The third-order valence-electron chi connectivity index (χ3n) is 8.44. The number of hydrogen-bond acceptors (Lipinski definition) is 14. The number of carbonyl (C=O) groups is 1. The van der Waals surface area contributed by atoms with Gasteiger partial charge in [0.1, 0.15) is 42.8 Å². The Kier molecular flexibility index (Phi) is 18.4. The van der Waals surface area contributed by atoms with Crippen LogP contribution in [0.5, 0.6) is 0 Å². The van der Waals surface area contributed by atoms with Crippen molar-refractivity contribution in [1.82, 2.24) is 20.2 Å². The van der Waals surface area contributed by atoms with Crippen LogP contribution >= 0.6 is 18.9 Å². The van der Waals surface area contributed by atoms with E-state index in [0.29, 0.717) is 25.8 Å². The number of methoxy groups -OCH3 is 1. The molecule has 20 heteroatoms. The van der Waals surface area contributed by atoms with Crippen molar-refractivity contribution < 1.29 is 53.0 Å². The van der Waals surface area contributed by atoms with Gasteiger partial charge in [0.05, 0.1) is 18.2 Å². The molecule has 7 N–H and O–H groups in total. The molecule has 1 aromatic heterocycles. The van der Waals surface area contributed by atoms with Crippen molar-refractivity contribution in [2.75, 3.05) is 40.6 Å². The van der Waals surface area contributed by atoms with Gasteiger partial charge in [-0.15, -0.1) is 0 Å². The fraction of sp³-hybridized carbons (Fsp3) is 0.742. The summed E-state index contributed by atoms with van der Waals surface area (Å²) in [5.41, 5.74) is -1.18. The van der Waals surface area contributed by atoms with Crippen LogP contribution in [0.1, 0.15) is 58.1 Å². The molecule has 2 saturated heterocycles. The lowest BCUT2D eigenvalue weighted by Crippen LogP contribution is -2.64. The molecule has 0 radical (unpaired) electrons. The number of aromatic nitrogens is 2. The number of nitrogens with zero attached hydrogens (tertiary/aromatic N) is 1. The van der Waals surface area contributed by atoms with Crippen molar-refractivity contribution in [3.8, 4) is 0 Å². The summed E-state index contributed by atoms with van der Waals surface area (Å²) in [4.78, 5) is 49.3. The van der Waals surface area contributed by atoms with Gasteiger partial charge in [-0.2, -0.15) is 0 Å². The normalized spacial score (nSPS) is 29.2. The van der Waals surface area contributed by atoms with Gasteiger partial charge in [-0.25, -0.2) is 4.79 Å². The van der Waals surface area contributed by atoms with E-state index in [4.69, 9.17) is 52.0 Å². The monoisotopic (exact) mass is 782 g/mol. The Morgan fingerprint density at radius 3 is 2.55 bits per heavy atom. The number of hydrogen-bond donors (Lipinski definition) is 7. The highest BCUT2D eigenvalue weighted by Crippen LogP contribution is 2.50. The van der Waals surface area contributed by atoms with Crippen molar-refractivity contribution in [1.29, 1.82) is 0 Å². The van der Waals surface area contributed by atoms with E-state index >= 15 is 0 Å². The summed E-state index contributed by atoms with van der Waals surface area (Å²) in [6.07, 6.45) is 3.23. The third-order valence-corrected chi connectivity index (χ3v) is 10.5. The Labute approximate surface area is 306 Å². The van der Waals surface area contributed by atoms with Crippen LogP contribution in [0, 0.1) is 5.92 Å². The summed E-state index contributed by atoms with van der Waals surface area (Å²) >= 11 is 10.6. The zero-order valence-corrected chi connectivity index (χ0v) is 31.5. The molecular weight excluding hydrogens is 731 g/mol. The van der Waals surface area contributed by atoms with E-state index in [0.717, 1.165) is 30.7 Å². The first-order valence-corrected chi connectivity index (χ1v) is 19.8. The number of aliphatic hydroxyl groups is 3. The lowest BCUT2D eigenvalue weighted by atomic mass is 9.95. The Bertz CT molecular complexity index is 1450. The maximum Gasteiger partial charge on any atom is 0.330 e. The van der Waals surface area contributed by atoms with Gasteiger partial charge in [-0.05, 0) is 56.8 Å². The Hall–Kier alpha value is -1.97. The first-order valence-electron chi connectivity index (χ1n) is 16.8. The zero-order valence-electron chi connectivity index (χ0n) is 29.0. The molecule has 17 nitrogen and oxygen atoms in total. The standard InChI is InChI=1S/C31H51N4O13PS2/c1-19(37)33-25-27(40)26(39)21(17-36)47-30(25)45-16-10-8-12-24(50)32-14-9-6-4-5-7-11-20-28(48-49(42,51)44-3)22(18-43-2)46-29(20)35-15-13-23(38)34-31(35)41/h5,7,13,15,20-22,25-30,36,39-40H,4,6,8-12,14,16-18H2,1-3H3,(H,32,50)(H,33,37)(H,42,51)(H,34,38,41)/b7-5+/t20?,21-,22-,25-,26+,27-,28-,29-,30-,49?/m1/s1. The molecule has 2 aliphatic rings. The molecule has 0 spiro atoms. The van der Waals surface area contributed by atoms with Gasteiger partial charge in [0, 0.05) is 52.5 Å². The predicted octanol–water partition coefficient (Wildman–Crippen LogP) is 0.109. The van der Waals surface area contributed by atoms with Crippen LogP contribution in [0.3, 0.4) is 0 Å². The highest BCUT2D eigenvalue weighted by Gasteiger charge is 2.48. The fourth-order valence-corrected chi connectivity index (χ4v) is 7.09. The topological polar surface area (TPSA) is 232 Å². The van der Waals surface area contributed by atoms with Crippen LogP contribution in [-0.4, -0.2) is 124 Å². The number of H-pyrrole nitrogens is 1. The van der Waals surface area contributed by atoms with Crippen molar-refractivity contribution >= 4 is 41.6 Å². The molecule has 10 atom stereocenters. The number of unbranched alkanes of at least 4 members (excludes halogenated alkanes) is 3. The van der Waals surface area contributed by atoms with Crippen LogP contribution < -0.4 is 21.9 Å². The number of thiocarbonyl (C=S) groups is 1. The minimum atomic E-state index is -3.59. The molecule has 3 rings (SSSR count). The number of nitrogens with one attached hydrogen (secondary N) is 3. The average Bonchev–Trinajstić information content (AvgIpc) is 3.40. The molecular formula is C31H51N4O13PS2. The Morgan fingerprint density at radius 1 is 1.12 bits per heavy atom. The highest BCUT2D eigenvalue weighted by molar-refractivity contribution is 8.07. The van der Waals surface area contributed by atoms with Gasteiger partial charge in [0.15, 0.2) is 6.29 Å². The summed E-state index contributed by atoms with van der Waals surface area (Å²) in [6, 6.07) is 0.249. The van der Waals surface area contributed by atoms with Crippen LogP contribution in [0.15, 0.2) is 34.0 Å². The molecule has 0 bridgehead atoms. The van der Waals surface area contributed by atoms with Gasteiger partial charge < -0.3 is 58.8 Å². The second-order valence-corrected chi connectivity index (χ2v) is 15.6. The van der Waals surface area contributed by atoms with E-state index < -0.39 is 85.5 Å². The van der Waals surface area contributed by atoms with E-state index in [-0.39, 0.29) is 13.2 Å². The second kappa shape index (κ2) is 21.7. The van der Waals surface area contributed by atoms with Gasteiger partial charge in [-0.1, -0.05) is 24.4 Å². The van der Waals surface area contributed by atoms with Gasteiger partial charge >= 0.3 is 12.4 Å². The zero-order chi connectivity index (χ0) is 37.6. The maximum absolute atomic E-state index is 12.6. The summed E-state index contributed by atoms with van der Waals surface area (Å²) in [5, 5.41) is 35.7. The van der Waals surface area contributed by atoms with E-state index in [1.807, 2.05) is 12.2 Å². The molecule has 51 heavy (non-hydrogen) atoms. The molecule has 1 amide bonds. The molecule has 0 aliphatic carbocycles. The van der Waals surface area contributed by atoms with Crippen molar-refractivity contribution in [2.24, 2.45) is 5.92 Å². The van der Waals surface area contributed by atoms with Gasteiger partial charge in [-0.3, -0.25) is 19.1 Å². The van der Waals surface area contributed by atoms with E-state index in [1.165, 1.54) is 38.0 Å². The van der Waals surface area contributed by atoms with Crippen molar-refractivity contribution in [3.63, 3.8) is 0 Å². The van der Waals surface area contributed by atoms with Crippen molar-refractivity contribution in [2.45, 2.75) is 101 Å². The van der Waals surface area contributed by atoms with E-state index in [9.17, 15) is 34.6 Å². The summed E-state index contributed by atoms with van der Waals surface area (Å²) < 4.78 is 34.9. The van der Waals surface area contributed by atoms with Crippen LogP contribution in [-0.2, 0) is 44.6 Å². The fourth-order valence-electron chi connectivity index (χ4n) is 5.86. The van der Waals surface area contributed by atoms with Crippen molar-refractivity contribution in [3.05, 3.63) is 45.3 Å². The average molecular weight is 783 g/mol. The number of carbonyl (C=O) groups excluding carboxylic acids is 1. The molecule has 0 aromatic carbocycles. The SMILES string of the molecule is COC[C@H]1O[C@@H](n2ccc(=O)[nH]c2=O)C(C/C=C/CCCCNC(=S)CCCCO[C@@H]2O[C@H](CO)[C@H](O)[C@H](O)[C@H]2NC(C)=O)[C@H]1OP(O)(=S)OC. The molecule has 3 heterocycles. The minimum Gasteiger partial charge on any atom is -0.394 e. The van der Waals surface area contributed by atoms with Gasteiger partial charge in [0.25, 0.3) is 5.56 Å². The van der Waals surface area contributed by atoms with Crippen LogP contribution in [0.2, 0.25) is 0 Å². The Balaban J connectivity index is 1.40. The minimum absolute atomic E-state index is 0.111. The molecule has 2 fully saturated rings. The molecule has 0 saturated carbocycles. The van der Waals surface area contributed by atoms with Gasteiger partial charge in [0.2, 0.25) is 5.91 Å². The Morgan fingerprint density at radius 2 is 1.88 bits per heavy atom. The first-order chi connectivity index (χ1) is 24.3. The number of aliphatic hydroxyl groups excluding tert-OH is 3. The lowest BCUT2D eigenvalue weighted by molar-refractivity contribution is -0.270. The largest absolute Gasteiger partial charge is 0.394 e. The van der Waals surface area contributed by atoms with E-state index in [1.54, 1.807) is 0 Å². The number of rotatable bonds is 21. The number of aromatic amines is 1. The highest BCUT2D eigenvalue weighted by atomic mass is 32.5. The van der Waals surface area contributed by atoms with Crippen LogP contribution in [0.4, 0.5) is 0 Å². The number of allylic oxidation sites excluding steroid dienone is 2. The number of amides is 1. The molecule has 1 aromatic rings. The lowest BCUT2D eigenvalue weighted by Gasteiger charge is -2.42. The molecule has 2 aliphatic heterocycles. The third kappa shape index (κ3) is 13.4. The quantitative estimate of drug-likeness (QED) is 0.0380. The summed E-state index contributed by atoms with van der Waals surface area (Å²) in [7, 11) is 2.75. The summed E-state index contributed by atoms with van der Waals surface area (Å²) in [5.74, 6) is -0.884.